The van der Waals surface area contributed by atoms with E-state index in [2.05, 4.69) is 0 Å². The van der Waals surface area contributed by atoms with Gasteiger partial charge in [0.05, 0.1) is 11.1 Å². The summed E-state index contributed by atoms with van der Waals surface area (Å²) in [4.78, 5) is 0. The third-order valence-electron chi connectivity index (χ3n) is 2.92. The minimum atomic E-state index is -0.768. The van der Waals surface area contributed by atoms with Gasteiger partial charge in [-0.1, -0.05) is 38.4 Å². The third kappa shape index (κ3) is 4.73. The van der Waals surface area contributed by atoms with Crippen LogP contribution in [0.5, 0.6) is 0 Å². The van der Waals surface area contributed by atoms with Gasteiger partial charge in [-0.3, -0.25) is 0 Å². The summed E-state index contributed by atoms with van der Waals surface area (Å²) in [6.45, 7) is 6.02. The first-order valence-electron chi connectivity index (χ1n) is 5.60. The summed E-state index contributed by atoms with van der Waals surface area (Å²) in [5, 5.41) is 10.0. The largest absolute Gasteiger partial charge is 0.388 e. The monoisotopic (exact) mass is 295 g/mol. The highest BCUT2D eigenvalue weighted by molar-refractivity contribution is 6.30. The Morgan fingerprint density at radius 2 is 1.94 bits per heavy atom. The lowest BCUT2D eigenvalue weighted by atomic mass is 9.83. The van der Waals surface area contributed by atoms with E-state index in [1.165, 1.54) is 12.1 Å². The maximum Gasteiger partial charge on any atom is 0.142 e. The molecule has 5 heteroatoms. The standard InChI is InChI=1S/C13H19ClFNO.ClH/c1-13(2,3)12(16)7-11(17)8-4-5-9(14)10(15)6-8;/h4-6,11-12,17H,7,16H2,1-3H3;1H/t11-,12+;/m1./s1. The fourth-order valence-corrected chi connectivity index (χ4v) is 1.57. The summed E-state index contributed by atoms with van der Waals surface area (Å²) in [6, 6.07) is 4.16. The van der Waals surface area contributed by atoms with Gasteiger partial charge in [0, 0.05) is 6.04 Å². The van der Waals surface area contributed by atoms with E-state index in [4.69, 9.17) is 17.3 Å². The quantitative estimate of drug-likeness (QED) is 0.893. The van der Waals surface area contributed by atoms with Crippen molar-refractivity contribution >= 4 is 24.0 Å². The van der Waals surface area contributed by atoms with Gasteiger partial charge in [-0.25, -0.2) is 4.39 Å². The zero-order chi connectivity index (χ0) is 13.2. The van der Waals surface area contributed by atoms with Crippen molar-refractivity contribution in [2.24, 2.45) is 11.1 Å². The molecule has 0 saturated carbocycles. The lowest BCUT2D eigenvalue weighted by Gasteiger charge is -2.29. The molecular formula is C13H20Cl2FNO. The van der Waals surface area contributed by atoms with Crippen molar-refractivity contribution in [3.63, 3.8) is 0 Å². The molecule has 0 radical (unpaired) electrons. The molecule has 18 heavy (non-hydrogen) atoms. The van der Waals surface area contributed by atoms with Gasteiger partial charge in [0.1, 0.15) is 5.82 Å². The van der Waals surface area contributed by atoms with Crippen LogP contribution in [0.1, 0.15) is 38.9 Å². The van der Waals surface area contributed by atoms with Gasteiger partial charge < -0.3 is 10.8 Å². The molecule has 104 valence electrons. The summed E-state index contributed by atoms with van der Waals surface area (Å²) < 4.78 is 13.2. The Morgan fingerprint density at radius 3 is 2.39 bits per heavy atom. The fourth-order valence-electron chi connectivity index (χ4n) is 1.45. The van der Waals surface area contributed by atoms with Crippen molar-refractivity contribution in [3.8, 4) is 0 Å². The normalized spacial score (nSPS) is 14.8. The highest BCUT2D eigenvalue weighted by Gasteiger charge is 2.24. The SMILES string of the molecule is CC(C)(C)[C@@H](N)C[C@@H](O)c1ccc(Cl)c(F)c1.Cl. The van der Waals surface area contributed by atoms with E-state index in [1.807, 2.05) is 20.8 Å². The molecule has 1 aromatic rings. The average Bonchev–Trinajstić information content (AvgIpc) is 2.20. The van der Waals surface area contributed by atoms with E-state index in [-0.39, 0.29) is 28.9 Å². The zero-order valence-electron chi connectivity index (χ0n) is 10.8. The second kappa shape index (κ2) is 6.71. The van der Waals surface area contributed by atoms with Crippen molar-refractivity contribution < 1.29 is 9.50 Å². The molecule has 3 N–H and O–H groups in total. The minimum Gasteiger partial charge on any atom is -0.388 e. The molecule has 0 spiro atoms. The molecule has 0 aliphatic heterocycles. The van der Waals surface area contributed by atoms with Crippen LogP contribution >= 0.6 is 24.0 Å². The number of rotatable bonds is 3. The molecule has 2 atom stereocenters. The number of hydrogen-bond donors (Lipinski definition) is 2. The maximum absolute atomic E-state index is 13.2. The van der Waals surface area contributed by atoms with Crippen LogP contribution in [0.25, 0.3) is 0 Å². The molecule has 0 heterocycles. The molecule has 0 fully saturated rings. The van der Waals surface area contributed by atoms with Crippen molar-refractivity contribution in [2.45, 2.75) is 39.3 Å². The molecule has 1 rings (SSSR count). The lowest BCUT2D eigenvalue weighted by Crippen LogP contribution is -2.36. The Morgan fingerprint density at radius 1 is 1.39 bits per heavy atom. The maximum atomic E-state index is 13.2. The van der Waals surface area contributed by atoms with Crippen molar-refractivity contribution in [1.82, 2.24) is 0 Å². The van der Waals surface area contributed by atoms with Gasteiger partial charge in [-0.2, -0.15) is 0 Å². The van der Waals surface area contributed by atoms with Crippen molar-refractivity contribution in [1.29, 1.82) is 0 Å². The Balaban J connectivity index is 0.00000289. The topological polar surface area (TPSA) is 46.2 Å². The van der Waals surface area contributed by atoms with Gasteiger partial charge in [-0.05, 0) is 29.5 Å². The first-order valence-corrected chi connectivity index (χ1v) is 5.98. The average molecular weight is 296 g/mol. The van der Waals surface area contributed by atoms with Crippen LogP contribution in [0.15, 0.2) is 18.2 Å². The highest BCUT2D eigenvalue weighted by atomic mass is 35.5. The summed E-state index contributed by atoms with van der Waals surface area (Å²) >= 11 is 5.58. The molecule has 0 aliphatic rings. The van der Waals surface area contributed by atoms with Crippen LogP contribution < -0.4 is 5.73 Å². The van der Waals surface area contributed by atoms with Gasteiger partial charge in [-0.15, -0.1) is 12.4 Å². The van der Waals surface area contributed by atoms with Gasteiger partial charge in [0.2, 0.25) is 0 Å². The first-order chi connectivity index (χ1) is 7.71. The number of aliphatic hydroxyl groups is 1. The molecule has 0 bridgehead atoms. The second-order valence-corrected chi connectivity index (χ2v) is 5.80. The fraction of sp³-hybridized carbons (Fsp3) is 0.538. The van der Waals surface area contributed by atoms with Crippen LogP contribution in [0, 0.1) is 11.2 Å². The van der Waals surface area contributed by atoms with Crippen molar-refractivity contribution in [2.75, 3.05) is 0 Å². The summed E-state index contributed by atoms with van der Waals surface area (Å²) in [6.07, 6.45) is -0.374. The molecule has 0 unspecified atom stereocenters. The second-order valence-electron chi connectivity index (χ2n) is 5.40. The molecule has 1 aromatic carbocycles. The summed E-state index contributed by atoms with van der Waals surface area (Å²) in [5.41, 5.74) is 6.39. The Labute approximate surface area is 119 Å². The number of hydrogen-bond acceptors (Lipinski definition) is 2. The van der Waals surface area contributed by atoms with Crippen LogP contribution in [0.4, 0.5) is 4.39 Å². The van der Waals surface area contributed by atoms with E-state index in [0.29, 0.717) is 12.0 Å². The number of benzene rings is 1. The predicted octanol–water partition coefficient (Wildman–Crippen LogP) is 3.70. The Hall–Kier alpha value is -0.350. The number of aliphatic hydroxyl groups excluding tert-OH is 1. The van der Waals surface area contributed by atoms with Gasteiger partial charge in [0.25, 0.3) is 0 Å². The molecule has 2 nitrogen and oxygen atoms in total. The minimum absolute atomic E-state index is 0. The van der Waals surface area contributed by atoms with Gasteiger partial charge in [0.15, 0.2) is 0 Å². The first kappa shape index (κ1) is 17.6. The predicted molar refractivity (Wildman–Crippen MR) is 75.7 cm³/mol. The Kier molecular flexibility index (Phi) is 6.58. The van der Waals surface area contributed by atoms with Crippen LogP contribution in [-0.4, -0.2) is 11.1 Å². The molecule has 0 aliphatic carbocycles. The highest BCUT2D eigenvalue weighted by Crippen LogP contribution is 2.28. The van der Waals surface area contributed by atoms with Crippen LogP contribution in [0.3, 0.4) is 0 Å². The molecular weight excluding hydrogens is 276 g/mol. The van der Waals surface area contributed by atoms with Crippen LogP contribution in [-0.2, 0) is 0 Å². The lowest BCUT2D eigenvalue weighted by molar-refractivity contribution is 0.133. The molecule has 0 saturated heterocycles. The van der Waals surface area contributed by atoms with E-state index < -0.39 is 11.9 Å². The summed E-state index contributed by atoms with van der Waals surface area (Å²) in [7, 11) is 0. The van der Waals surface area contributed by atoms with Crippen LogP contribution in [0.2, 0.25) is 5.02 Å². The smallest absolute Gasteiger partial charge is 0.142 e. The molecule has 0 aromatic heterocycles. The number of halogens is 3. The van der Waals surface area contributed by atoms with E-state index in [0.717, 1.165) is 0 Å². The van der Waals surface area contributed by atoms with Crippen molar-refractivity contribution in [3.05, 3.63) is 34.6 Å². The molecule has 0 amide bonds. The van der Waals surface area contributed by atoms with E-state index >= 15 is 0 Å². The van der Waals surface area contributed by atoms with Gasteiger partial charge >= 0.3 is 0 Å². The number of nitrogens with two attached hydrogens (primary N) is 1. The van der Waals surface area contributed by atoms with E-state index in [9.17, 15) is 9.50 Å². The summed E-state index contributed by atoms with van der Waals surface area (Å²) in [5.74, 6) is -0.521. The Bertz CT molecular complexity index is 393. The third-order valence-corrected chi connectivity index (χ3v) is 3.22. The van der Waals surface area contributed by atoms with E-state index in [1.54, 1.807) is 6.07 Å². The zero-order valence-corrected chi connectivity index (χ0v) is 12.4.